The number of nitrogens with zero attached hydrogens (tertiary/aromatic N) is 1. The molecule has 0 radical (unpaired) electrons. The van der Waals surface area contributed by atoms with E-state index in [4.69, 9.17) is 10.5 Å². The average Bonchev–Trinajstić information content (AvgIpc) is 3.20. The van der Waals surface area contributed by atoms with Gasteiger partial charge in [0, 0.05) is 38.7 Å². The van der Waals surface area contributed by atoms with Gasteiger partial charge in [-0.1, -0.05) is 0 Å². The number of rotatable bonds is 6. The standard InChI is InChI=1S/C14H27N3O2/c1-14(19-2)6-3-7-17(10-14)12(9-15)8-13(18)16-11-4-5-11/h11-12H,3-10,15H2,1-2H3,(H,16,18). The van der Waals surface area contributed by atoms with Crippen molar-refractivity contribution < 1.29 is 9.53 Å². The quantitative estimate of drug-likeness (QED) is 0.736. The van der Waals surface area contributed by atoms with Crippen LogP contribution in [0.2, 0.25) is 0 Å². The fourth-order valence-electron chi connectivity index (χ4n) is 2.81. The number of carbonyl (C=O) groups is 1. The van der Waals surface area contributed by atoms with E-state index in [0.717, 1.165) is 38.8 Å². The Labute approximate surface area is 115 Å². The first kappa shape index (κ1) is 14.8. The number of piperidine rings is 1. The van der Waals surface area contributed by atoms with E-state index < -0.39 is 0 Å². The molecule has 0 bridgehead atoms. The number of amides is 1. The highest BCUT2D eigenvalue weighted by Gasteiger charge is 2.34. The van der Waals surface area contributed by atoms with Crippen molar-refractivity contribution in [1.29, 1.82) is 0 Å². The highest BCUT2D eigenvalue weighted by atomic mass is 16.5. The van der Waals surface area contributed by atoms with Crippen LogP contribution in [0, 0.1) is 0 Å². The Morgan fingerprint density at radius 1 is 1.58 bits per heavy atom. The maximum atomic E-state index is 11.9. The topological polar surface area (TPSA) is 67.6 Å². The number of ether oxygens (including phenoxy) is 1. The molecule has 0 spiro atoms. The van der Waals surface area contributed by atoms with E-state index in [1.165, 1.54) is 0 Å². The van der Waals surface area contributed by atoms with Gasteiger partial charge in [0.05, 0.1) is 5.60 Å². The lowest BCUT2D eigenvalue weighted by Gasteiger charge is -2.42. The van der Waals surface area contributed by atoms with Crippen LogP contribution in [0.1, 0.15) is 39.0 Å². The Bertz CT molecular complexity index is 320. The zero-order valence-electron chi connectivity index (χ0n) is 12.2. The van der Waals surface area contributed by atoms with Gasteiger partial charge in [-0.05, 0) is 39.2 Å². The van der Waals surface area contributed by atoms with Gasteiger partial charge in [-0.2, -0.15) is 0 Å². The van der Waals surface area contributed by atoms with E-state index in [2.05, 4.69) is 17.1 Å². The molecule has 2 unspecified atom stereocenters. The summed E-state index contributed by atoms with van der Waals surface area (Å²) in [6.07, 6.45) is 4.94. The summed E-state index contributed by atoms with van der Waals surface area (Å²) in [6, 6.07) is 0.560. The second-order valence-corrected chi connectivity index (χ2v) is 6.16. The first-order valence-corrected chi connectivity index (χ1v) is 7.35. The lowest BCUT2D eigenvalue weighted by molar-refractivity contribution is -0.123. The summed E-state index contributed by atoms with van der Waals surface area (Å²) < 4.78 is 5.60. The minimum atomic E-state index is -0.0986. The SMILES string of the molecule is COC1(C)CCCN(C(CN)CC(=O)NC2CC2)C1. The van der Waals surface area contributed by atoms with Crippen LogP contribution in [0.4, 0.5) is 0 Å². The van der Waals surface area contributed by atoms with Crippen molar-refractivity contribution in [1.82, 2.24) is 10.2 Å². The van der Waals surface area contributed by atoms with Gasteiger partial charge in [0.2, 0.25) is 5.91 Å². The minimum absolute atomic E-state index is 0.0986. The van der Waals surface area contributed by atoms with Crippen LogP contribution in [0.3, 0.4) is 0 Å². The molecule has 3 N–H and O–H groups in total. The molecule has 2 rings (SSSR count). The Hall–Kier alpha value is -0.650. The molecule has 0 aromatic heterocycles. The van der Waals surface area contributed by atoms with Crippen molar-refractivity contribution in [3.63, 3.8) is 0 Å². The molecule has 2 aliphatic rings. The minimum Gasteiger partial charge on any atom is -0.377 e. The molecule has 1 amide bonds. The van der Waals surface area contributed by atoms with Gasteiger partial charge in [-0.15, -0.1) is 0 Å². The lowest BCUT2D eigenvalue weighted by atomic mass is 9.93. The van der Waals surface area contributed by atoms with Crippen molar-refractivity contribution in [2.75, 3.05) is 26.7 Å². The Morgan fingerprint density at radius 3 is 2.89 bits per heavy atom. The van der Waals surface area contributed by atoms with Crippen LogP contribution in [-0.2, 0) is 9.53 Å². The Balaban J connectivity index is 1.86. The Kier molecular flexibility index (Phi) is 4.81. The van der Waals surface area contributed by atoms with E-state index in [1.807, 2.05) is 0 Å². The summed E-state index contributed by atoms with van der Waals surface area (Å²) in [7, 11) is 1.76. The van der Waals surface area contributed by atoms with Crippen LogP contribution in [0.5, 0.6) is 0 Å². The molecule has 2 fully saturated rings. The third-order valence-corrected chi connectivity index (χ3v) is 4.33. The fraction of sp³-hybridized carbons (Fsp3) is 0.929. The molecule has 1 aliphatic carbocycles. The van der Waals surface area contributed by atoms with Crippen LogP contribution < -0.4 is 11.1 Å². The number of likely N-dealkylation sites (tertiary alicyclic amines) is 1. The third-order valence-electron chi connectivity index (χ3n) is 4.33. The monoisotopic (exact) mass is 269 g/mol. The van der Waals surface area contributed by atoms with Crippen LogP contribution in [0.15, 0.2) is 0 Å². The largest absolute Gasteiger partial charge is 0.377 e. The number of methoxy groups -OCH3 is 1. The summed E-state index contributed by atoms with van der Waals surface area (Å²) in [5.74, 6) is 0.141. The number of carbonyl (C=O) groups excluding carboxylic acids is 1. The fourth-order valence-corrected chi connectivity index (χ4v) is 2.81. The van der Waals surface area contributed by atoms with E-state index in [1.54, 1.807) is 7.11 Å². The summed E-state index contributed by atoms with van der Waals surface area (Å²) in [6.45, 7) is 4.54. The number of hydrogen-bond donors (Lipinski definition) is 2. The summed E-state index contributed by atoms with van der Waals surface area (Å²) in [5.41, 5.74) is 5.77. The molecule has 19 heavy (non-hydrogen) atoms. The molecule has 5 nitrogen and oxygen atoms in total. The van der Waals surface area contributed by atoms with Gasteiger partial charge in [-0.25, -0.2) is 0 Å². The van der Waals surface area contributed by atoms with Crippen LogP contribution in [-0.4, -0.2) is 55.2 Å². The molecule has 1 aliphatic heterocycles. The molecule has 1 saturated heterocycles. The first-order chi connectivity index (χ1) is 9.06. The van der Waals surface area contributed by atoms with E-state index in [0.29, 0.717) is 19.0 Å². The van der Waals surface area contributed by atoms with Crippen molar-refractivity contribution in [2.45, 2.75) is 56.7 Å². The van der Waals surface area contributed by atoms with Gasteiger partial charge in [0.25, 0.3) is 0 Å². The van der Waals surface area contributed by atoms with Gasteiger partial charge in [0.15, 0.2) is 0 Å². The van der Waals surface area contributed by atoms with E-state index >= 15 is 0 Å². The maximum absolute atomic E-state index is 11.9. The van der Waals surface area contributed by atoms with Crippen molar-refractivity contribution in [3.8, 4) is 0 Å². The molecule has 1 heterocycles. The summed E-state index contributed by atoms with van der Waals surface area (Å²) in [4.78, 5) is 14.2. The van der Waals surface area contributed by atoms with Crippen molar-refractivity contribution in [3.05, 3.63) is 0 Å². The smallest absolute Gasteiger partial charge is 0.221 e. The van der Waals surface area contributed by atoms with Gasteiger partial charge < -0.3 is 15.8 Å². The van der Waals surface area contributed by atoms with Crippen LogP contribution >= 0.6 is 0 Å². The van der Waals surface area contributed by atoms with Gasteiger partial charge >= 0.3 is 0 Å². The number of nitrogens with two attached hydrogens (primary N) is 1. The zero-order valence-corrected chi connectivity index (χ0v) is 12.2. The highest BCUT2D eigenvalue weighted by Crippen LogP contribution is 2.26. The summed E-state index contributed by atoms with van der Waals surface area (Å²) >= 11 is 0. The second kappa shape index (κ2) is 6.20. The molecule has 5 heteroatoms. The highest BCUT2D eigenvalue weighted by molar-refractivity contribution is 5.77. The lowest BCUT2D eigenvalue weighted by Crippen LogP contribution is -2.54. The number of nitrogens with one attached hydrogen (secondary N) is 1. The second-order valence-electron chi connectivity index (χ2n) is 6.16. The third kappa shape index (κ3) is 4.16. The predicted octanol–water partition coefficient (Wildman–Crippen LogP) is 0.483. The van der Waals surface area contributed by atoms with Crippen LogP contribution in [0.25, 0.3) is 0 Å². The van der Waals surface area contributed by atoms with Crippen molar-refractivity contribution in [2.24, 2.45) is 5.73 Å². The molecule has 0 aromatic rings. The molecular weight excluding hydrogens is 242 g/mol. The van der Waals surface area contributed by atoms with E-state index in [9.17, 15) is 4.79 Å². The molecule has 0 aromatic carbocycles. The predicted molar refractivity (Wildman–Crippen MR) is 74.8 cm³/mol. The summed E-state index contributed by atoms with van der Waals surface area (Å²) in [5, 5.41) is 3.04. The average molecular weight is 269 g/mol. The molecule has 1 saturated carbocycles. The van der Waals surface area contributed by atoms with E-state index in [-0.39, 0.29) is 17.6 Å². The molecular formula is C14H27N3O2. The number of hydrogen-bond acceptors (Lipinski definition) is 4. The van der Waals surface area contributed by atoms with Crippen molar-refractivity contribution >= 4 is 5.91 Å². The van der Waals surface area contributed by atoms with Gasteiger partial charge in [0.1, 0.15) is 0 Å². The normalized spacial score (nSPS) is 30.1. The maximum Gasteiger partial charge on any atom is 0.221 e. The first-order valence-electron chi connectivity index (χ1n) is 7.35. The molecule has 2 atom stereocenters. The van der Waals surface area contributed by atoms with Gasteiger partial charge in [-0.3, -0.25) is 9.69 Å². The molecule has 110 valence electrons. The Morgan fingerprint density at radius 2 is 2.32 bits per heavy atom. The zero-order chi connectivity index (χ0) is 13.9.